The molecule has 0 aromatic carbocycles. The highest BCUT2D eigenvalue weighted by Crippen LogP contribution is 2.15. The van der Waals surface area contributed by atoms with E-state index in [1.165, 1.54) is 32.1 Å². The molecule has 0 rings (SSSR count). The highest BCUT2D eigenvalue weighted by Gasteiger charge is 1.93. The van der Waals surface area contributed by atoms with E-state index in [1.807, 2.05) is 0 Å². The van der Waals surface area contributed by atoms with Crippen LogP contribution in [0.3, 0.4) is 0 Å². The number of aldehydes is 1. The van der Waals surface area contributed by atoms with Crippen LogP contribution < -0.4 is 0 Å². The predicted octanol–water partition coefficient (Wildman–Crippen LogP) is 4.37. The molecule has 0 heterocycles. The fourth-order valence-electron chi connectivity index (χ4n) is 1.19. The van der Waals surface area contributed by atoms with E-state index in [0.717, 1.165) is 17.2 Å². The molecule has 14 heavy (non-hydrogen) atoms. The molecule has 0 aliphatic carbocycles. The van der Waals surface area contributed by atoms with Crippen molar-refractivity contribution in [2.75, 3.05) is 0 Å². The van der Waals surface area contributed by atoms with Gasteiger partial charge in [-0.3, -0.25) is 4.79 Å². The summed E-state index contributed by atoms with van der Waals surface area (Å²) < 4.78 is 1.01. The third-order valence-electron chi connectivity index (χ3n) is 2.01. The van der Waals surface area contributed by atoms with Gasteiger partial charge in [-0.05, 0) is 35.7 Å². The second kappa shape index (κ2) is 9.23. The van der Waals surface area contributed by atoms with Crippen molar-refractivity contribution >= 4 is 22.2 Å². The van der Waals surface area contributed by atoms with E-state index in [4.69, 9.17) is 0 Å². The van der Waals surface area contributed by atoms with Crippen molar-refractivity contribution in [1.82, 2.24) is 0 Å². The fraction of sp³-hybridized carbons (Fsp3) is 0.667. The molecule has 0 bridgehead atoms. The van der Waals surface area contributed by atoms with Crippen molar-refractivity contribution < 1.29 is 4.79 Å². The van der Waals surface area contributed by atoms with E-state index >= 15 is 0 Å². The fourth-order valence-corrected chi connectivity index (χ4v) is 1.78. The van der Waals surface area contributed by atoms with Gasteiger partial charge in [0.05, 0.1) is 0 Å². The summed E-state index contributed by atoms with van der Waals surface area (Å²) in [5.74, 6) is 0. The normalized spacial score (nSPS) is 9.36. The molecule has 0 fully saturated rings. The van der Waals surface area contributed by atoms with Gasteiger partial charge in [0.2, 0.25) is 0 Å². The lowest BCUT2D eigenvalue weighted by Gasteiger charge is -1.97. The molecule has 0 N–H and O–H groups in total. The number of unbranched alkanes of at least 4 members (excludes halogenated alkanes) is 4. The average molecular weight is 259 g/mol. The van der Waals surface area contributed by atoms with E-state index in [9.17, 15) is 4.79 Å². The van der Waals surface area contributed by atoms with Crippen LogP contribution in [-0.2, 0) is 4.79 Å². The molecule has 2 heteroatoms. The molecule has 0 aliphatic heterocycles. The monoisotopic (exact) mass is 258 g/mol. The van der Waals surface area contributed by atoms with Crippen molar-refractivity contribution in [2.45, 2.75) is 52.4 Å². The number of hydrogen-bond acceptors (Lipinski definition) is 1. The SMILES string of the molecule is CCCCCCCC(Br)=C=C(C)C=O. The number of halogens is 1. The maximum Gasteiger partial charge on any atom is 0.153 e. The minimum Gasteiger partial charge on any atom is -0.298 e. The van der Waals surface area contributed by atoms with Gasteiger partial charge in [0.1, 0.15) is 0 Å². The van der Waals surface area contributed by atoms with Crippen molar-refractivity contribution in [3.05, 3.63) is 15.8 Å². The lowest BCUT2D eigenvalue weighted by Crippen LogP contribution is -1.79. The Kier molecular flexibility index (Phi) is 9.02. The Hall–Kier alpha value is -0.330. The van der Waals surface area contributed by atoms with E-state index in [2.05, 4.69) is 28.6 Å². The zero-order valence-corrected chi connectivity index (χ0v) is 10.7. The Labute approximate surface area is 95.4 Å². The molecule has 1 nitrogen and oxygen atoms in total. The van der Waals surface area contributed by atoms with Gasteiger partial charge in [-0.1, -0.05) is 32.6 Å². The zero-order valence-electron chi connectivity index (χ0n) is 9.11. The van der Waals surface area contributed by atoms with Crippen LogP contribution in [0, 0.1) is 0 Å². The first-order valence-corrected chi connectivity index (χ1v) is 6.07. The Morgan fingerprint density at radius 3 is 2.50 bits per heavy atom. The molecule has 0 radical (unpaired) electrons. The van der Waals surface area contributed by atoms with Gasteiger partial charge in [-0.2, -0.15) is 0 Å². The Balaban J connectivity index is 3.69. The first kappa shape index (κ1) is 13.7. The van der Waals surface area contributed by atoms with Crippen molar-refractivity contribution in [1.29, 1.82) is 0 Å². The molecule has 0 aromatic heterocycles. The van der Waals surface area contributed by atoms with Gasteiger partial charge in [0.15, 0.2) is 6.29 Å². The van der Waals surface area contributed by atoms with Crippen molar-refractivity contribution in [2.24, 2.45) is 0 Å². The minimum atomic E-state index is 0.658. The zero-order chi connectivity index (χ0) is 10.8. The lowest BCUT2D eigenvalue weighted by molar-refractivity contribution is -0.104. The molecule has 0 amide bonds. The maximum absolute atomic E-state index is 10.3. The summed E-state index contributed by atoms with van der Waals surface area (Å²) in [6.45, 7) is 3.98. The summed E-state index contributed by atoms with van der Waals surface area (Å²) in [6.07, 6.45) is 8.19. The predicted molar refractivity (Wildman–Crippen MR) is 64.6 cm³/mol. The third kappa shape index (κ3) is 8.28. The van der Waals surface area contributed by atoms with Crippen LogP contribution in [0.5, 0.6) is 0 Å². The van der Waals surface area contributed by atoms with Crippen molar-refractivity contribution in [3.63, 3.8) is 0 Å². The maximum atomic E-state index is 10.3. The summed E-state index contributed by atoms with van der Waals surface area (Å²) in [5, 5.41) is 0. The molecular weight excluding hydrogens is 240 g/mol. The number of carbonyl (C=O) groups is 1. The van der Waals surface area contributed by atoms with Crippen LogP contribution in [0.2, 0.25) is 0 Å². The highest BCUT2D eigenvalue weighted by atomic mass is 79.9. The number of carbonyl (C=O) groups excluding carboxylic acids is 1. The average Bonchev–Trinajstić information content (AvgIpc) is 2.17. The van der Waals surface area contributed by atoms with Gasteiger partial charge in [0, 0.05) is 10.1 Å². The summed E-state index contributed by atoms with van der Waals surface area (Å²) in [5.41, 5.74) is 3.66. The first-order valence-electron chi connectivity index (χ1n) is 5.27. The topological polar surface area (TPSA) is 17.1 Å². The summed E-state index contributed by atoms with van der Waals surface area (Å²) in [6, 6.07) is 0. The van der Waals surface area contributed by atoms with Crippen LogP contribution in [-0.4, -0.2) is 6.29 Å². The molecule has 0 saturated heterocycles. The highest BCUT2D eigenvalue weighted by molar-refractivity contribution is 9.11. The number of allylic oxidation sites excluding steroid dienone is 1. The van der Waals surface area contributed by atoms with E-state index in [1.54, 1.807) is 6.92 Å². The lowest BCUT2D eigenvalue weighted by atomic mass is 10.1. The molecule has 0 spiro atoms. The molecule has 0 aromatic rings. The standard InChI is InChI=1S/C12H19BrO/c1-3-4-5-6-7-8-12(13)9-11(2)10-14/h10H,3-8H2,1-2H3. The first-order chi connectivity index (χ1) is 6.70. The summed E-state index contributed by atoms with van der Waals surface area (Å²) in [7, 11) is 0. The molecule has 0 unspecified atom stereocenters. The molecule has 0 atom stereocenters. The Morgan fingerprint density at radius 1 is 1.29 bits per heavy atom. The van der Waals surface area contributed by atoms with Crippen LogP contribution in [0.25, 0.3) is 0 Å². The van der Waals surface area contributed by atoms with Gasteiger partial charge in [-0.25, -0.2) is 0 Å². The number of rotatable bonds is 7. The summed E-state index contributed by atoms with van der Waals surface area (Å²) >= 11 is 3.41. The van der Waals surface area contributed by atoms with E-state index < -0.39 is 0 Å². The quantitative estimate of drug-likeness (QED) is 0.287. The van der Waals surface area contributed by atoms with Crippen LogP contribution in [0.4, 0.5) is 0 Å². The van der Waals surface area contributed by atoms with Gasteiger partial charge >= 0.3 is 0 Å². The van der Waals surface area contributed by atoms with E-state index in [0.29, 0.717) is 5.57 Å². The minimum absolute atomic E-state index is 0.658. The molecule has 0 saturated carbocycles. The van der Waals surface area contributed by atoms with Gasteiger partial charge in [0.25, 0.3) is 0 Å². The van der Waals surface area contributed by atoms with Gasteiger partial charge < -0.3 is 0 Å². The van der Waals surface area contributed by atoms with E-state index in [-0.39, 0.29) is 0 Å². The third-order valence-corrected chi connectivity index (χ3v) is 2.60. The van der Waals surface area contributed by atoms with Crippen LogP contribution in [0.1, 0.15) is 52.4 Å². The Morgan fingerprint density at radius 2 is 1.93 bits per heavy atom. The largest absolute Gasteiger partial charge is 0.298 e. The second-order valence-corrected chi connectivity index (χ2v) is 4.45. The van der Waals surface area contributed by atoms with Crippen LogP contribution in [0.15, 0.2) is 15.8 Å². The molecular formula is C12H19BrO. The second-order valence-electron chi connectivity index (χ2n) is 3.49. The molecule has 0 aliphatic rings. The Bertz CT molecular complexity index is 224. The molecule has 80 valence electrons. The summed E-state index contributed by atoms with van der Waals surface area (Å²) in [4.78, 5) is 10.3. The number of hydrogen-bond donors (Lipinski definition) is 0. The van der Waals surface area contributed by atoms with Crippen molar-refractivity contribution in [3.8, 4) is 0 Å². The smallest absolute Gasteiger partial charge is 0.153 e. The van der Waals surface area contributed by atoms with Gasteiger partial charge in [-0.15, -0.1) is 5.73 Å². The van der Waals surface area contributed by atoms with Crippen LogP contribution >= 0.6 is 15.9 Å².